The quantitative estimate of drug-likeness (QED) is 0.565. The minimum atomic E-state index is 0.286. The number of ether oxygens (including phenoxy) is 1. The van der Waals surface area contributed by atoms with Crippen LogP contribution in [0.3, 0.4) is 0 Å². The van der Waals surface area contributed by atoms with Gasteiger partial charge in [0.05, 0.1) is 6.10 Å². The number of hydrogen-bond acceptors (Lipinski definition) is 3. The summed E-state index contributed by atoms with van der Waals surface area (Å²) in [6, 6.07) is 8.30. The average Bonchev–Trinajstić information content (AvgIpc) is 2.36. The first-order chi connectivity index (χ1) is 8.26. The molecule has 3 heteroatoms. The third-order valence-corrected chi connectivity index (χ3v) is 3.35. The fourth-order valence-electron chi connectivity index (χ4n) is 1.64. The number of rotatable bonds is 8. The van der Waals surface area contributed by atoms with Gasteiger partial charge in [0, 0.05) is 4.90 Å². The molecule has 1 rings (SSSR count). The fraction of sp³-hybridized carbons (Fsp3) is 0.571. The lowest BCUT2D eigenvalue weighted by atomic mass is 10.2. The smallest absolute Gasteiger partial charge is 0.119 e. The molecule has 0 aliphatic carbocycles. The molecule has 0 fully saturated rings. The highest BCUT2D eigenvalue weighted by Gasteiger charge is 2.03. The summed E-state index contributed by atoms with van der Waals surface area (Å²) in [5, 5.41) is 3.32. The van der Waals surface area contributed by atoms with Crippen molar-refractivity contribution in [3.63, 3.8) is 0 Å². The van der Waals surface area contributed by atoms with Gasteiger partial charge in [-0.2, -0.15) is 0 Å². The Morgan fingerprint density at radius 3 is 2.59 bits per heavy atom. The molecule has 0 heterocycles. The second-order valence-electron chi connectivity index (χ2n) is 4.10. The summed E-state index contributed by atoms with van der Waals surface area (Å²) >= 11 is 1.75. The van der Waals surface area contributed by atoms with Crippen LogP contribution in [-0.2, 0) is 0 Å². The highest BCUT2D eigenvalue weighted by atomic mass is 32.2. The van der Waals surface area contributed by atoms with Gasteiger partial charge in [0.2, 0.25) is 0 Å². The van der Waals surface area contributed by atoms with Crippen LogP contribution in [0.15, 0.2) is 29.2 Å². The van der Waals surface area contributed by atoms with Crippen molar-refractivity contribution >= 4 is 11.8 Å². The Kier molecular flexibility index (Phi) is 7.13. The van der Waals surface area contributed by atoms with E-state index in [1.165, 1.54) is 4.90 Å². The van der Waals surface area contributed by atoms with Crippen molar-refractivity contribution in [2.24, 2.45) is 0 Å². The molecule has 0 aromatic heterocycles. The molecule has 1 atom stereocenters. The van der Waals surface area contributed by atoms with Gasteiger partial charge in [0.15, 0.2) is 0 Å². The van der Waals surface area contributed by atoms with E-state index >= 15 is 0 Å². The molecule has 0 aliphatic rings. The lowest BCUT2D eigenvalue weighted by Crippen LogP contribution is -2.18. The van der Waals surface area contributed by atoms with Gasteiger partial charge in [-0.3, -0.25) is 0 Å². The van der Waals surface area contributed by atoms with Crippen LogP contribution in [0.4, 0.5) is 0 Å². The molecule has 0 spiro atoms. The second kappa shape index (κ2) is 8.43. The predicted molar refractivity (Wildman–Crippen MR) is 76.1 cm³/mol. The Bertz CT molecular complexity index is 300. The molecule has 0 aliphatic heterocycles. The maximum atomic E-state index is 5.86. The largest absolute Gasteiger partial charge is 0.491 e. The van der Waals surface area contributed by atoms with E-state index in [-0.39, 0.29) is 6.10 Å². The Labute approximate surface area is 109 Å². The van der Waals surface area contributed by atoms with Crippen LogP contribution in [0.5, 0.6) is 5.75 Å². The molecule has 2 nitrogen and oxygen atoms in total. The lowest BCUT2D eigenvalue weighted by molar-refractivity contribution is 0.207. The maximum Gasteiger partial charge on any atom is 0.119 e. The first kappa shape index (κ1) is 14.4. The van der Waals surface area contributed by atoms with E-state index < -0.39 is 0 Å². The molecule has 1 aromatic rings. The molecule has 0 amide bonds. The van der Waals surface area contributed by atoms with Crippen molar-refractivity contribution in [3.8, 4) is 5.75 Å². The monoisotopic (exact) mass is 253 g/mol. The number of benzene rings is 1. The molecular formula is C14H23NOS. The summed E-state index contributed by atoms with van der Waals surface area (Å²) in [7, 11) is 0. The SMILES string of the molecule is CCNCCCC(C)Oc1ccc(SC)cc1. The van der Waals surface area contributed by atoms with Gasteiger partial charge in [-0.25, -0.2) is 0 Å². The third kappa shape index (κ3) is 5.99. The van der Waals surface area contributed by atoms with Crippen molar-refractivity contribution in [2.75, 3.05) is 19.3 Å². The molecule has 17 heavy (non-hydrogen) atoms. The van der Waals surface area contributed by atoms with Crippen LogP contribution < -0.4 is 10.1 Å². The number of thioether (sulfide) groups is 1. The van der Waals surface area contributed by atoms with Crippen LogP contribution in [0.2, 0.25) is 0 Å². The fourth-order valence-corrected chi connectivity index (χ4v) is 2.05. The van der Waals surface area contributed by atoms with Gasteiger partial charge in [-0.15, -0.1) is 11.8 Å². The summed E-state index contributed by atoms with van der Waals surface area (Å²) in [5.41, 5.74) is 0. The summed E-state index contributed by atoms with van der Waals surface area (Å²) in [6.07, 6.45) is 4.63. The zero-order valence-corrected chi connectivity index (χ0v) is 11.8. The zero-order valence-electron chi connectivity index (χ0n) is 11.0. The molecule has 0 bridgehead atoms. The first-order valence-electron chi connectivity index (χ1n) is 6.27. The zero-order chi connectivity index (χ0) is 12.5. The van der Waals surface area contributed by atoms with Gasteiger partial charge in [0.1, 0.15) is 5.75 Å². The molecular weight excluding hydrogens is 230 g/mol. The van der Waals surface area contributed by atoms with Crippen molar-refractivity contribution in [1.29, 1.82) is 0 Å². The topological polar surface area (TPSA) is 21.3 Å². The normalized spacial score (nSPS) is 12.4. The first-order valence-corrected chi connectivity index (χ1v) is 7.50. The van der Waals surface area contributed by atoms with Crippen molar-refractivity contribution in [2.45, 2.75) is 37.7 Å². The van der Waals surface area contributed by atoms with Gasteiger partial charge in [0.25, 0.3) is 0 Å². The van der Waals surface area contributed by atoms with Crippen molar-refractivity contribution in [1.82, 2.24) is 5.32 Å². The molecule has 96 valence electrons. The van der Waals surface area contributed by atoms with Crippen LogP contribution in [-0.4, -0.2) is 25.4 Å². The Hall–Kier alpha value is -0.670. The minimum absolute atomic E-state index is 0.286. The van der Waals surface area contributed by atoms with E-state index in [1.807, 2.05) is 12.1 Å². The highest BCUT2D eigenvalue weighted by Crippen LogP contribution is 2.20. The van der Waals surface area contributed by atoms with Crippen LogP contribution in [0.1, 0.15) is 26.7 Å². The van der Waals surface area contributed by atoms with Crippen molar-refractivity contribution in [3.05, 3.63) is 24.3 Å². The third-order valence-electron chi connectivity index (χ3n) is 2.61. The van der Waals surface area contributed by atoms with Gasteiger partial charge in [-0.05, 0) is 63.4 Å². The molecule has 0 saturated carbocycles. The van der Waals surface area contributed by atoms with Crippen LogP contribution >= 0.6 is 11.8 Å². The number of hydrogen-bond donors (Lipinski definition) is 1. The lowest BCUT2D eigenvalue weighted by Gasteiger charge is -2.14. The van der Waals surface area contributed by atoms with E-state index in [0.29, 0.717) is 0 Å². The predicted octanol–water partition coefficient (Wildman–Crippen LogP) is 3.57. The van der Waals surface area contributed by atoms with E-state index in [9.17, 15) is 0 Å². The Balaban J connectivity index is 2.26. The van der Waals surface area contributed by atoms with Gasteiger partial charge >= 0.3 is 0 Å². The highest BCUT2D eigenvalue weighted by molar-refractivity contribution is 7.98. The maximum absolute atomic E-state index is 5.86. The van der Waals surface area contributed by atoms with E-state index in [0.717, 1.165) is 31.7 Å². The average molecular weight is 253 g/mol. The van der Waals surface area contributed by atoms with Crippen LogP contribution in [0, 0.1) is 0 Å². The number of nitrogens with one attached hydrogen (secondary N) is 1. The van der Waals surface area contributed by atoms with Gasteiger partial charge < -0.3 is 10.1 Å². The van der Waals surface area contributed by atoms with Crippen LogP contribution in [0.25, 0.3) is 0 Å². The summed E-state index contributed by atoms with van der Waals surface area (Å²) in [6.45, 7) is 6.39. The van der Waals surface area contributed by atoms with Crippen molar-refractivity contribution < 1.29 is 4.74 Å². The molecule has 1 unspecified atom stereocenters. The summed E-state index contributed by atoms with van der Waals surface area (Å²) in [5.74, 6) is 0.971. The molecule has 0 saturated heterocycles. The molecule has 0 radical (unpaired) electrons. The molecule has 1 N–H and O–H groups in total. The van der Waals surface area contributed by atoms with E-state index in [2.05, 4.69) is 37.6 Å². The summed E-state index contributed by atoms with van der Waals surface area (Å²) < 4.78 is 5.86. The van der Waals surface area contributed by atoms with E-state index in [4.69, 9.17) is 4.74 Å². The molecule has 1 aromatic carbocycles. The Morgan fingerprint density at radius 2 is 2.00 bits per heavy atom. The summed E-state index contributed by atoms with van der Waals surface area (Å²) in [4.78, 5) is 1.28. The second-order valence-corrected chi connectivity index (χ2v) is 4.98. The minimum Gasteiger partial charge on any atom is -0.491 e. The van der Waals surface area contributed by atoms with E-state index in [1.54, 1.807) is 11.8 Å². The Morgan fingerprint density at radius 1 is 1.29 bits per heavy atom. The standard InChI is InChI=1S/C14H23NOS/c1-4-15-11-5-6-12(2)16-13-7-9-14(17-3)10-8-13/h7-10,12,15H,4-6,11H2,1-3H3. The van der Waals surface area contributed by atoms with Gasteiger partial charge in [-0.1, -0.05) is 6.92 Å².